The van der Waals surface area contributed by atoms with Crippen molar-refractivity contribution in [3.63, 3.8) is 0 Å². The molecular weight excluding hydrogens is 280 g/mol. The average Bonchev–Trinajstić information content (AvgIpc) is 2.97. The Morgan fingerprint density at radius 1 is 1.37 bits per heavy atom. The van der Waals surface area contributed by atoms with Crippen LogP contribution >= 0.6 is 21.6 Å². The van der Waals surface area contributed by atoms with Gasteiger partial charge in [0, 0.05) is 5.56 Å². The van der Waals surface area contributed by atoms with Gasteiger partial charge in [0.2, 0.25) is 0 Å². The fraction of sp³-hybridized carbons (Fsp3) is 0.357. The van der Waals surface area contributed by atoms with Gasteiger partial charge in [-0.05, 0) is 17.9 Å². The summed E-state index contributed by atoms with van der Waals surface area (Å²) in [6.07, 6.45) is 4.29. The summed E-state index contributed by atoms with van der Waals surface area (Å²) in [5, 5.41) is 2.30. The first-order valence-electron chi connectivity index (χ1n) is 6.26. The molecule has 2 rings (SSSR count). The SMILES string of the molecule is CCCCC(=O)OOc1ccccc1C1C=CSS1. The summed E-state index contributed by atoms with van der Waals surface area (Å²) in [6, 6.07) is 7.64. The van der Waals surface area contributed by atoms with Gasteiger partial charge in [-0.2, -0.15) is 0 Å². The molecule has 1 aromatic carbocycles. The van der Waals surface area contributed by atoms with Crippen molar-refractivity contribution in [1.29, 1.82) is 0 Å². The third-order valence-electron chi connectivity index (χ3n) is 2.65. The minimum atomic E-state index is -0.319. The Morgan fingerprint density at radius 3 is 2.95 bits per heavy atom. The molecule has 0 amide bonds. The average molecular weight is 296 g/mol. The number of unbranched alkanes of at least 4 members (excludes halogenated alkanes) is 1. The summed E-state index contributed by atoms with van der Waals surface area (Å²) in [6.45, 7) is 2.03. The molecule has 0 bridgehead atoms. The topological polar surface area (TPSA) is 35.5 Å². The monoisotopic (exact) mass is 296 g/mol. The highest BCUT2D eigenvalue weighted by molar-refractivity contribution is 8.78. The van der Waals surface area contributed by atoms with Crippen molar-refractivity contribution >= 4 is 27.6 Å². The minimum Gasteiger partial charge on any atom is -0.287 e. The van der Waals surface area contributed by atoms with E-state index >= 15 is 0 Å². The van der Waals surface area contributed by atoms with Crippen LogP contribution in [-0.4, -0.2) is 5.97 Å². The normalized spacial score (nSPS) is 17.4. The van der Waals surface area contributed by atoms with Gasteiger partial charge in [-0.3, -0.25) is 9.78 Å². The molecule has 0 N–H and O–H groups in total. The number of rotatable bonds is 6. The second-order valence-electron chi connectivity index (χ2n) is 4.12. The summed E-state index contributed by atoms with van der Waals surface area (Å²) in [7, 11) is 3.44. The molecule has 0 saturated carbocycles. The molecule has 0 aromatic heterocycles. The number of para-hydroxylation sites is 1. The lowest BCUT2D eigenvalue weighted by Gasteiger charge is -2.12. The summed E-state index contributed by atoms with van der Waals surface area (Å²) < 4.78 is 0. The van der Waals surface area contributed by atoms with E-state index in [4.69, 9.17) is 9.78 Å². The van der Waals surface area contributed by atoms with Crippen LogP contribution in [0.4, 0.5) is 0 Å². The Balaban J connectivity index is 1.96. The molecule has 19 heavy (non-hydrogen) atoms. The molecule has 1 heterocycles. The molecule has 1 aliphatic heterocycles. The van der Waals surface area contributed by atoms with Gasteiger partial charge in [0.1, 0.15) is 0 Å². The van der Waals surface area contributed by atoms with Crippen LogP contribution in [0.5, 0.6) is 5.75 Å². The van der Waals surface area contributed by atoms with Crippen LogP contribution in [-0.2, 0) is 9.68 Å². The van der Waals surface area contributed by atoms with Crippen LogP contribution in [0.25, 0.3) is 0 Å². The maximum Gasteiger partial charge on any atom is 0.355 e. The van der Waals surface area contributed by atoms with Gasteiger partial charge in [0.05, 0.1) is 11.7 Å². The van der Waals surface area contributed by atoms with Crippen LogP contribution in [0, 0.1) is 0 Å². The third-order valence-corrected chi connectivity index (χ3v) is 4.94. The molecule has 1 atom stereocenters. The van der Waals surface area contributed by atoms with Crippen molar-refractivity contribution < 1.29 is 14.6 Å². The minimum absolute atomic E-state index is 0.246. The summed E-state index contributed by atoms with van der Waals surface area (Å²) >= 11 is 0. The van der Waals surface area contributed by atoms with E-state index in [1.165, 1.54) is 0 Å². The van der Waals surface area contributed by atoms with Gasteiger partial charge in [0.25, 0.3) is 0 Å². The Kier molecular flexibility index (Phi) is 5.66. The van der Waals surface area contributed by atoms with E-state index in [2.05, 4.69) is 11.5 Å². The highest BCUT2D eigenvalue weighted by Gasteiger charge is 2.18. The molecular formula is C14H16O3S2. The number of benzene rings is 1. The van der Waals surface area contributed by atoms with Gasteiger partial charge < -0.3 is 0 Å². The van der Waals surface area contributed by atoms with Crippen molar-refractivity contribution in [2.75, 3.05) is 0 Å². The van der Waals surface area contributed by atoms with Crippen LogP contribution < -0.4 is 4.89 Å². The summed E-state index contributed by atoms with van der Waals surface area (Å²) in [4.78, 5) is 21.5. The Hall–Kier alpha value is -1.07. The van der Waals surface area contributed by atoms with E-state index in [9.17, 15) is 4.79 Å². The lowest BCUT2D eigenvalue weighted by atomic mass is 10.1. The lowest BCUT2D eigenvalue weighted by Crippen LogP contribution is -2.08. The van der Waals surface area contributed by atoms with E-state index in [0.29, 0.717) is 12.2 Å². The number of hydrogen-bond donors (Lipinski definition) is 0. The van der Waals surface area contributed by atoms with Crippen LogP contribution in [0.1, 0.15) is 37.0 Å². The molecule has 1 aromatic rings. The first-order chi connectivity index (χ1) is 9.31. The van der Waals surface area contributed by atoms with Crippen LogP contribution in [0.2, 0.25) is 0 Å². The Morgan fingerprint density at radius 2 is 2.21 bits per heavy atom. The number of carbonyl (C=O) groups excluding carboxylic acids is 1. The maximum atomic E-state index is 11.4. The zero-order chi connectivity index (χ0) is 13.5. The second-order valence-corrected chi connectivity index (χ2v) is 6.44. The first-order valence-corrected chi connectivity index (χ1v) is 8.54. The first kappa shape index (κ1) is 14.3. The van der Waals surface area contributed by atoms with Gasteiger partial charge in [-0.25, -0.2) is 4.79 Å². The van der Waals surface area contributed by atoms with Gasteiger partial charge in [-0.15, -0.1) is 0 Å². The van der Waals surface area contributed by atoms with Crippen LogP contribution in [0.3, 0.4) is 0 Å². The zero-order valence-corrected chi connectivity index (χ0v) is 12.3. The molecule has 102 valence electrons. The molecule has 1 aliphatic rings. The van der Waals surface area contributed by atoms with Crippen molar-refractivity contribution in [2.45, 2.75) is 31.4 Å². The smallest absolute Gasteiger partial charge is 0.287 e. The molecule has 0 saturated heterocycles. The van der Waals surface area contributed by atoms with E-state index in [0.717, 1.165) is 18.4 Å². The molecule has 0 radical (unpaired) electrons. The molecule has 0 aliphatic carbocycles. The largest absolute Gasteiger partial charge is 0.355 e. The fourth-order valence-electron chi connectivity index (χ4n) is 1.63. The lowest BCUT2D eigenvalue weighted by molar-refractivity contribution is -0.214. The van der Waals surface area contributed by atoms with Crippen LogP contribution in [0.15, 0.2) is 35.7 Å². The van der Waals surface area contributed by atoms with Gasteiger partial charge >= 0.3 is 5.97 Å². The van der Waals surface area contributed by atoms with Crippen molar-refractivity contribution in [3.05, 3.63) is 41.3 Å². The van der Waals surface area contributed by atoms with E-state index in [1.807, 2.05) is 31.2 Å². The van der Waals surface area contributed by atoms with Crippen molar-refractivity contribution in [2.24, 2.45) is 0 Å². The van der Waals surface area contributed by atoms with Crippen molar-refractivity contribution in [3.8, 4) is 5.75 Å². The molecule has 1 unspecified atom stereocenters. The summed E-state index contributed by atoms with van der Waals surface area (Å²) in [5.74, 6) is 0.289. The van der Waals surface area contributed by atoms with Gasteiger partial charge in [-0.1, -0.05) is 59.2 Å². The fourth-order valence-corrected chi connectivity index (χ4v) is 3.82. The quantitative estimate of drug-likeness (QED) is 0.433. The highest BCUT2D eigenvalue weighted by atomic mass is 33.1. The predicted octanol–water partition coefficient (Wildman–Crippen LogP) is 4.66. The van der Waals surface area contributed by atoms with Crippen molar-refractivity contribution in [1.82, 2.24) is 0 Å². The van der Waals surface area contributed by atoms with Gasteiger partial charge in [0.15, 0.2) is 5.75 Å². The highest BCUT2D eigenvalue weighted by Crippen LogP contribution is 2.48. The predicted molar refractivity (Wildman–Crippen MR) is 79.8 cm³/mol. The Bertz CT molecular complexity index is 460. The second kappa shape index (κ2) is 7.50. The van der Waals surface area contributed by atoms with E-state index < -0.39 is 0 Å². The molecule has 5 heteroatoms. The Labute approximate surface area is 121 Å². The third kappa shape index (κ3) is 4.21. The van der Waals surface area contributed by atoms with E-state index in [1.54, 1.807) is 21.6 Å². The molecule has 0 spiro atoms. The van der Waals surface area contributed by atoms with E-state index in [-0.39, 0.29) is 11.2 Å². The number of hydrogen-bond acceptors (Lipinski definition) is 5. The standard InChI is InChI=1S/C14H16O3S2/c1-2-3-8-14(15)17-16-12-7-5-4-6-11(12)13-9-10-18-19-13/h4-7,9-10,13H,2-3,8H2,1H3. The number of carbonyl (C=O) groups is 1. The molecule has 3 nitrogen and oxygen atoms in total. The molecule has 0 fully saturated rings. The maximum absolute atomic E-state index is 11.4. The summed E-state index contributed by atoms with van der Waals surface area (Å²) in [5.41, 5.74) is 1.03. The zero-order valence-electron chi connectivity index (χ0n) is 10.7.